The summed E-state index contributed by atoms with van der Waals surface area (Å²) in [7, 11) is 0. The summed E-state index contributed by atoms with van der Waals surface area (Å²) in [5.74, 6) is 2.57. The molecular weight excluding hydrogens is 124 g/mol. The summed E-state index contributed by atoms with van der Waals surface area (Å²) >= 11 is 0. The van der Waals surface area contributed by atoms with E-state index >= 15 is 0 Å². The Morgan fingerprint density at radius 3 is 2.50 bits per heavy atom. The van der Waals surface area contributed by atoms with E-state index in [1.165, 1.54) is 12.8 Å². The van der Waals surface area contributed by atoms with Gasteiger partial charge in [0.1, 0.15) is 0 Å². The van der Waals surface area contributed by atoms with E-state index in [0.29, 0.717) is 6.61 Å². The minimum absolute atomic E-state index is 0.365. The van der Waals surface area contributed by atoms with Crippen LogP contribution in [0, 0.1) is 17.8 Å². The predicted molar refractivity (Wildman–Crippen MR) is 42.8 cm³/mol. The summed E-state index contributed by atoms with van der Waals surface area (Å²) in [6.07, 6.45) is 3.79. The van der Waals surface area contributed by atoms with E-state index in [4.69, 9.17) is 5.11 Å². The van der Waals surface area contributed by atoms with Gasteiger partial charge in [0.2, 0.25) is 0 Å². The van der Waals surface area contributed by atoms with Crippen molar-refractivity contribution in [1.82, 2.24) is 0 Å². The minimum atomic E-state index is 0.365. The Labute approximate surface area is 63.4 Å². The highest BCUT2D eigenvalue weighted by molar-refractivity contribution is 4.80. The fourth-order valence-corrected chi connectivity index (χ4v) is 1.96. The minimum Gasteiger partial charge on any atom is -0.396 e. The Morgan fingerprint density at radius 1 is 1.50 bits per heavy atom. The topological polar surface area (TPSA) is 20.2 Å². The Morgan fingerprint density at radius 2 is 2.20 bits per heavy atom. The Bertz CT molecular complexity index is 101. The van der Waals surface area contributed by atoms with Gasteiger partial charge in [0.15, 0.2) is 0 Å². The van der Waals surface area contributed by atoms with Gasteiger partial charge in [0.25, 0.3) is 0 Å². The van der Waals surface area contributed by atoms with Crippen molar-refractivity contribution in [3.63, 3.8) is 0 Å². The van der Waals surface area contributed by atoms with E-state index in [1.54, 1.807) is 0 Å². The van der Waals surface area contributed by atoms with Crippen LogP contribution in [0.15, 0.2) is 0 Å². The summed E-state index contributed by atoms with van der Waals surface area (Å²) in [6.45, 7) is 4.95. The van der Waals surface area contributed by atoms with Crippen LogP contribution in [0.2, 0.25) is 0 Å². The van der Waals surface area contributed by atoms with Crippen molar-refractivity contribution in [1.29, 1.82) is 0 Å². The molecule has 3 unspecified atom stereocenters. The van der Waals surface area contributed by atoms with E-state index in [1.807, 2.05) is 0 Å². The van der Waals surface area contributed by atoms with E-state index in [-0.39, 0.29) is 0 Å². The molecule has 1 rings (SSSR count). The largest absolute Gasteiger partial charge is 0.396 e. The number of hydrogen-bond donors (Lipinski definition) is 1. The molecule has 60 valence electrons. The fraction of sp³-hybridized carbons (Fsp3) is 1.00. The molecule has 0 bridgehead atoms. The zero-order valence-electron chi connectivity index (χ0n) is 7.01. The molecule has 0 heterocycles. The van der Waals surface area contributed by atoms with Gasteiger partial charge in [-0.25, -0.2) is 0 Å². The van der Waals surface area contributed by atoms with E-state index in [2.05, 4.69) is 13.8 Å². The first kappa shape index (κ1) is 8.06. The third-order valence-corrected chi connectivity index (χ3v) is 3.00. The van der Waals surface area contributed by atoms with Gasteiger partial charge in [-0.15, -0.1) is 0 Å². The Balaban J connectivity index is 2.20. The molecular formula is C9H18O. The molecule has 1 fully saturated rings. The van der Waals surface area contributed by atoms with Gasteiger partial charge in [-0.05, 0) is 30.6 Å². The second kappa shape index (κ2) is 3.38. The number of hydrogen-bond acceptors (Lipinski definition) is 1. The van der Waals surface area contributed by atoms with Gasteiger partial charge in [-0.3, -0.25) is 0 Å². The van der Waals surface area contributed by atoms with Crippen molar-refractivity contribution in [2.75, 3.05) is 6.61 Å². The number of aliphatic hydroxyl groups is 1. The summed E-state index contributed by atoms with van der Waals surface area (Å²) in [5.41, 5.74) is 0. The van der Waals surface area contributed by atoms with Gasteiger partial charge >= 0.3 is 0 Å². The van der Waals surface area contributed by atoms with Crippen molar-refractivity contribution < 1.29 is 5.11 Å². The van der Waals surface area contributed by atoms with Gasteiger partial charge in [-0.1, -0.05) is 20.3 Å². The van der Waals surface area contributed by atoms with Gasteiger partial charge in [0, 0.05) is 6.61 Å². The summed E-state index contributed by atoms with van der Waals surface area (Å²) in [5, 5.41) is 8.69. The molecule has 1 aliphatic carbocycles. The molecule has 0 aromatic rings. The molecule has 10 heavy (non-hydrogen) atoms. The average molecular weight is 142 g/mol. The lowest BCUT2D eigenvalue weighted by atomic mass is 9.68. The van der Waals surface area contributed by atoms with Gasteiger partial charge < -0.3 is 5.11 Å². The van der Waals surface area contributed by atoms with Crippen molar-refractivity contribution >= 4 is 0 Å². The smallest absolute Gasteiger partial charge is 0.0433 e. The normalized spacial score (nSPS) is 35.1. The molecule has 1 aliphatic rings. The number of aliphatic hydroxyl groups excluding tert-OH is 1. The van der Waals surface area contributed by atoms with Crippen LogP contribution in [-0.4, -0.2) is 11.7 Å². The molecule has 1 N–H and O–H groups in total. The Hall–Kier alpha value is -0.0400. The van der Waals surface area contributed by atoms with Gasteiger partial charge in [-0.2, -0.15) is 0 Å². The molecule has 3 atom stereocenters. The second-order valence-electron chi connectivity index (χ2n) is 3.71. The van der Waals surface area contributed by atoms with E-state index in [9.17, 15) is 0 Å². The van der Waals surface area contributed by atoms with Crippen LogP contribution in [0.3, 0.4) is 0 Å². The maximum atomic E-state index is 8.69. The highest BCUT2D eigenvalue weighted by atomic mass is 16.3. The maximum Gasteiger partial charge on any atom is 0.0433 e. The lowest BCUT2D eigenvalue weighted by molar-refractivity contribution is 0.107. The lowest BCUT2D eigenvalue weighted by Crippen LogP contribution is -2.29. The quantitative estimate of drug-likeness (QED) is 0.639. The third-order valence-electron chi connectivity index (χ3n) is 3.00. The fourth-order valence-electron chi connectivity index (χ4n) is 1.96. The molecule has 0 aromatic heterocycles. The van der Waals surface area contributed by atoms with Crippen molar-refractivity contribution in [3.05, 3.63) is 0 Å². The van der Waals surface area contributed by atoms with E-state index in [0.717, 1.165) is 24.2 Å². The third kappa shape index (κ3) is 1.51. The van der Waals surface area contributed by atoms with Crippen LogP contribution in [-0.2, 0) is 0 Å². The monoisotopic (exact) mass is 142 g/mol. The van der Waals surface area contributed by atoms with Crippen molar-refractivity contribution in [2.24, 2.45) is 17.8 Å². The zero-order chi connectivity index (χ0) is 7.56. The summed E-state index contributed by atoms with van der Waals surface area (Å²) < 4.78 is 0. The van der Waals surface area contributed by atoms with Crippen LogP contribution in [0.4, 0.5) is 0 Å². The molecule has 1 nitrogen and oxygen atoms in total. The molecule has 1 heteroatoms. The van der Waals surface area contributed by atoms with Crippen molar-refractivity contribution in [2.45, 2.75) is 33.1 Å². The lowest BCUT2D eigenvalue weighted by Gasteiger charge is -2.38. The molecule has 1 saturated carbocycles. The van der Waals surface area contributed by atoms with Crippen LogP contribution < -0.4 is 0 Å². The highest BCUT2D eigenvalue weighted by Crippen LogP contribution is 2.40. The summed E-state index contributed by atoms with van der Waals surface area (Å²) in [4.78, 5) is 0. The summed E-state index contributed by atoms with van der Waals surface area (Å²) in [6, 6.07) is 0. The molecule has 0 amide bonds. The Kier molecular flexibility index (Phi) is 2.72. The maximum absolute atomic E-state index is 8.69. The zero-order valence-corrected chi connectivity index (χ0v) is 7.01. The molecule has 0 aliphatic heterocycles. The van der Waals surface area contributed by atoms with Gasteiger partial charge in [0.05, 0.1) is 0 Å². The standard InChI is InChI=1S/C9H18O/c1-7-3-4-9(7)8(2)5-6-10/h7-10H,3-6H2,1-2H3. The molecule has 0 aromatic carbocycles. The van der Waals surface area contributed by atoms with Crippen LogP contribution >= 0.6 is 0 Å². The van der Waals surface area contributed by atoms with Crippen LogP contribution in [0.25, 0.3) is 0 Å². The molecule has 0 spiro atoms. The van der Waals surface area contributed by atoms with Crippen molar-refractivity contribution in [3.8, 4) is 0 Å². The SMILES string of the molecule is CC(CCO)C1CCC1C. The van der Waals surface area contributed by atoms with Crippen LogP contribution in [0.5, 0.6) is 0 Å². The predicted octanol–water partition coefficient (Wildman–Crippen LogP) is 2.05. The first-order valence-electron chi connectivity index (χ1n) is 4.36. The number of rotatable bonds is 3. The first-order valence-corrected chi connectivity index (χ1v) is 4.36. The molecule has 0 radical (unpaired) electrons. The molecule has 0 saturated heterocycles. The first-order chi connectivity index (χ1) is 4.75. The van der Waals surface area contributed by atoms with E-state index < -0.39 is 0 Å². The second-order valence-corrected chi connectivity index (χ2v) is 3.71. The van der Waals surface area contributed by atoms with Crippen LogP contribution in [0.1, 0.15) is 33.1 Å². The highest BCUT2D eigenvalue weighted by Gasteiger charge is 2.30. The average Bonchev–Trinajstić information content (AvgIpc) is 1.85.